The molecular weight excluding hydrogens is 254 g/mol. The molecule has 0 radical (unpaired) electrons. The van der Waals surface area contributed by atoms with E-state index in [4.69, 9.17) is 5.73 Å². The zero-order valence-electron chi connectivity index (χ0n) is 12.9. The van der Waals surface area contributed by atoms with E-state index in [1.54, 1.807) is 0 Å². The summed E-state index contributed by atoms with van der Waals surface area (Å²) in [5.74, 6) is 1.93. The van der Waals surface area contributed by atoms with Gasteiger partial charge in [0.05, 0.1) is 6.54 Å². The van der Waals surface area contributed by atoms with Crippen LogP contribution >= 0.6 is 0 Å². The summed E-state index contributed by atoms with van der Waals surface area (Å²) in [7, 11) is 1.84. The Balaban J connectivity index is 2.85. The van der Waals surface area contributed by atoms with Crippen LogP contribution < -0.4 is 16.0 Å². The highest BCUT2D eigenvalue weighted by Gasteiger charge is 2.14. The number of rotatable bonds is 7. The molecule has 1 amide bonds. The molecule has 6 nitrogen and oxygen atoms in total. The Morgan fingerprint density at radius 2 is 2.00 bits per heavy atom. The van der Waals surface area contributed by atoms with Gasteiger partial charge in [0.25, 0.3) is 0 Å². The molecular formula is C14H25N5O. The molecule has 0 saturated heterocycles. The molecule has 0 aromatic carbocycles. The van der Waals surface area contributed by atoms with E-state index in [9.17, 15) is 4.79 Å². The lowest BCUT2D eigenvalue weighted by Gasteiger charge is -2.21. The Hall–Kier alpha value is -1.85. The third-order valence-electron chi connectivity index (χ3n) is 2.99. The molecule has 0 unspecified atom stereocenters. The lowest BCUT2D eigenvalue weighted by Crippen LogP contribution is -2.36. The van der Waals surface area contributed by atoms with Crippen molar-refractivity contribution >= 4 is 17.5 Å². The average molecular weight is 279 g/mol. The van der Waals surface area contributed by atoms with Crippen molar-refractivity contribution in [3.63, 3.8) is 0 Å². The summed E-state index contributed by atoms with van der Waals surface area (Å²) in [4.78, 5) is 22.4. The van der Waals surface area contributed by atoms with E-state index in [0.29, 0.717) is 12.4 Å². The number of carbonyl (C=O) groups excluding carboxylic acids is 1. The second-order valence-electron chi connectivity index (χ2n) is 4.93. The summed E-state index contributed by atoms with van der Waals surface area (Å²) < 4.78 is 0. The Morgan fingerprint density at radius 1 is 1.30 bits per heavy atom. The number of carbonyl (C=O) groups is 1. The lowest BCUT2D eigenvalue weighted by molar-refractivity contribution is -0.119. The molecule has 0 aliphatic carbocycles. The number of nitrogen functional groups attached to an aromatic ring is 1. The summed E-state index contributed by atoms with van der Waals surface area (Å²) in [5, 5.41) is 2.85. The number of nitrogens with one attached hydrogen (secondary N) is 1. The number of hydrogen-bond donors (Lipinski definition) is 2. The zero-order chi connectivity index (χ0) is 15.1. The minimum absolute atomic E-state index is 0.0111. The van der Waals surface area contributed by atoms with Gasteiger partial charge in [0, 0.05) is 25.6 Å². The molecule has 0 aliphatic rings. The molecule has 1 rings (SSSR count). The van der Waals surface area contributed by atoms with E-state index < -0.39 is 0 Å². The minimum atomic E-state index is -0.0111. The van der Waals surface area contributed by atoms with Gasteiger partial charge in [-0.25, -0.2) is 9.97 Å². The van der Waals surface area contributed by atoms with Gasteiger partial charge in [-0.05, 0) is 19.8 Å². The Kier molecular flexibility index (Phi) is 6.21. The normalized spacial score (nSPS) is 10.4. The largest absolute Gasteiger partial charge is 0.383 e. The molecule has 1 aromatic heterocycles. The highest BCUT2D eigenvalue weighted by Crippen LogP contribution is 2.20. The number of aryl methyl sites for hydroxylation is 1. The van der Waals surface area contributed by atoms with Gasteiger partial charge in [-0.15, -0.1) is 0 Å². The molecule has 0 fully saturated rings. The average Bonchev–Trinajstić information content (AvgIpc) is 2.40. The van der Waals surface area contributed by atoms with Crippen LogP contribution in [0.2, 0.25) is 0 Å². The van der Waals surface area contributed by atoms with Gasteiger partial charge in [-0.3, -0.25) is 4.79 Å². The van der Waals surface area contributed by atoms with Crippen LogP contribution in [0.15, 0.2) is 0 Å². The first-order valence-electron chi connectivity index (χ1n) is 7.10. The zero-order valence-corrected chi connectivity index (χ0v) is 12.9. The molecule has 0 saturated carbocycles. The number of likely N-dealkylation sites (N-methyl/N-ethyl adjacent to an activating group) is 1. The third kappa shape index (κ3) is 4.36. The molecule has 0 aliphatic heterocycles. The molecule has 6 heteroatoms. The van der Waals surface area contributed by atoms with E-state index in [1.807, 2.05) is 25.8 Å². The molecule has 112 valence electrons. The van der Waals surface area contributed by atoms with Crippen LogP contribution in [0.4, 0.5) is 11.6 Å². The van der Waals surface area contributed by atoms with Crippen LogP contribution in [0.1, 0.15) is 38.1 Å². The maximum atomic E-state index is 11.8. The summed E-state index contributed by atoms with van der Waals surface area (Å²) in [6, 6.07) is 0. The molecule has 1 heterocycles. The lowest BCUT2D eigenvalue weighted by atomic mass is 10.2. The predicted molar refractivity (Wildman–Crippen MR) is 81.7 cm³/mol. The number of anilines is 2. The second-order valence-corrected chi connectivity index (χ2v) is 4.93. The summed E-state index contributed by atoms with van der Waals surface area (Å²) in [6.45, 7) is 6.93. The van der Waals surface area contributed by atoms with Gasteiger partial charge in [-0.2, -0.15) is 0 Å². The highest BCUT2D eigenvalue weighted by molar-refractivity contribution is 5.81. The smallest absolute Gasteiger partial charge is 0.239 e. The van der Waals surface area contributed by atoms with Gasteiger partial charge in [0.15, 0.2) is 0 Å². The monoisotopic (exact) mass is 279 g/mol. The second kappa shape index (κ2) is 7.67. The van der Waals surface area contributed by atoms with Gasteiger partial charge in [-0.1, -0.05) is 13.8 Å². The van der Waals surface area contributed by atoms with Crippen molar-refractivity contribution in [3.05, 3.63) is 11.4 Å². The maximum Gasteiger partial charge on any atom is 0.239 e. The van der Waals surface area contributed by atoms with E-state index in [0.717, 1.165) is 36.5 Å². The van der Waals surface area contributed by atoms with Crippen LogP contribution in [0, 0.1) is 6.92 Å². The molecule has 20 heavy (non-hydrogen) atoms. The van der Waals surface area contributed by atoms with Crippen LogP contribution in [0.3, 0.4) is 0 Å². The highest BCUT2D eigenvalue weighted by atomic mass is 16.2. The Bertz CT molecular complexity index is 461. The predicted octanol–water partition coefficient (Wildman–Crippen LogP) is 1.28. The van der Waals surface area contributed by atoms with Crippen molar-refractivity contribution in [2.45, 2.75) is 40.0 Å². The van der Waals surface area contributed by atoms with E-state index in [2.05, 4.69) is 22.2 Å². The van der Waals surface area contributed by atoms with Crippen molar-refractivity contribution in [3.8, 4) is 0 Å². The third-order valence-corrected chi connectivity index (χ3v) is 2.99. The van der Waals surface area contributed by atoms with Gasteiger partial charge in [0.1, 0.15) is 17.5 Å². The van der Waals surface area contributed by atoms with Crippen LogP contribution in [-0.4, -0.2) is 36.0 Å². The number of hydrogen-bond acceptors (Lipinski definition) is 5. The number of amides is 1. The van der Waals surface area contributed by atoms with Crippen LogP contribution in [0.5, 0.6) is 0 Å². The summed E-state index contributed by atoms with van der Waals surface area (Å²) >= 11 is 0. The number of nitrogens with zero attached hydrogens (tertiary/aromatic N) is 3. The molecule has 3 N–H and O–H groups in total. The van der Waals surface area contributed by atoms with Crippen molar-refractivity contribution in [1.82, 2.24) is 15.3 Å². The van der Waals surface area contributed by atoms with Crippen LogP contribution in [0.25, 0.3) is 0 Å². The number of aromatic nitrogens is 2. The van der Waals surface area contributed by atoms with Crippen molar-refractivity contribution < 1.29 is 4.79 Å². The fraction of sp³-hybridized carbons (Fsp3) is 0.643. The summed E-state index contributed by atoms with van der Waals surface area (Å²) in [5.41, 5.74) is 6.74. The standard InChI is InChI=1S/C14H25N5O/c1-5-7-11-17-13(15)10(3)14(18-11)19(4)9-12(20)16-8-6-2/h5-9H2,1-4H3,(H,16,20)(H2,15,17,18). The molecule has 0 spiro atoms. The van der Waals surface area contributed by atoms with Crippen molar-refractivity contribution in [2.75, 3.05) is 30.8 Å². The topological polar surface area (TPSA) is 84.1 Å². The van der Waals surface area contributed by atoms with Gasteiger partial charge < -0.3 is 16.0 Å². The van der Waals surface area contributed by atoms with Crippen molar-refractivity contribution in [1.29, 1.82) is 0 Å². The fourth-order valence-corrected chi connectivity index (χ4v) is 1.89. The quantitative estimate of drug-likeness (QED) is 0.785. The first kappa shape index (κ1) is 16.2. The van der Waals surface area contributed by atoms with E-state index >= 15 is 0 Å². The Morgan fingerprint density at radius 3 is 2.60 bits per heavy atom. The van der Waals surface area contributed by atoms with E-state index in [-0.39, 0.29) is 12.5 Å². The Labute approximate surface area is 120 Å². The van der Waals surface area contributed by atoms with E-state index in [1.165, 1.54) is 0 Å². The molecule has 0 bridgehead atoms. The minimum Gasteiger partial charge on any atom is -0.383 e. The molecule has 0 atom stereocenters. The maximum absolute atomic E-state index is 11.8. The fourth-order valence-electron chi connectivity index (χ4n) is 1.89. The molecule has 1 aromatic rings. The first-order valence-corrected chi connectivity index (χ1v) is 7.10. The first-order chi connectivity index (χ1) is 9.49. The van der Waals surface area contributed by atoms with Crippen LogP contribution in [-0.2, 0) is 11.2 Å². The number of nitrogens with two attached hydrogens (primary N) is 1. The summed E-state index contributed by atoms with van der Waals surface area (Å²) in [6.07, 6.45) is 2.67. The van der Waals surface area contributed by atoms with Crippen molar-refractivity contribution in [2.24, 2.45) is 0 Å². The van der Waals surface area contributed by atoms with Gasteiger partial charge >= 0.3 is 0 Å². The SMILES string of the molecule is CCCNC(=O)CN(C)c1nc(CCC)nc(N)c1C. The van der Waals surface area contributed by atoms with Gasteiger partial charge in [0.2, 0.25) is 5.91 Å².